The number of carbonyl (C=O) groups excluding carboxylic acids is 2. The molecule has 146 valence electrons. The number of carbonyl (C=O) groups is 2. The number of hydrogen-bond donors (Lipinski definition) is 1. The molecule has 0 aliphatic rings. The molecule has 1 N–H and O–H groups in total. The second-order valence-corrected chi connectivity index (χ2v) is 7.13. The first kappa shape index (κ1) is 20.9. The van der Waals surface area contributed by atoms with Crippen molar-refractivity contribution < 1.29 is 14.3 Å². The number of nitrogens with zero attached hydrogens (tertiary/aromatic N) is 3. The van der Waals surface area contributed by atoms with Gasteiger partial charge in [-0.3, -0.25) is 9.59 Å². The minimum absolute atomic E-state index is 0.0759. The Morgan fingerprint density at radius 1 is 1.37 bits per heavy atom. The van der Waals surface area contributed by atoms with Crippen molar-refractivity contribution in [3.8, 4) is 5.75 Å². The van der Waals surface area contributed by atoms with E-state index in [4.69, 9.17) is 4.74 Å². The van der Waals surface area contributed by atoms with Crippen molar-refractivity contribution in [3.05, 3.63) is 46.2 Å². The van der Waals surface area contributed by atoms with Gasteiger partial charge in [-0.05, 0) is 38.7 Å². The van der Waals surface area contributed by atoms with Crippen molar-refractivity contribution in [1.29, 1.82) is 0 Å². The summed E-state index contributed by atoms with van der Waals surface area (Å²) in [5, 5.41) is 4.77. The fourth-order valence-corrected chi connectivity index (χ4v) is 3.30. The highest BCUT2D eigenvalue weighted by Gasteiger charge is 2.19. The van der Waals surface area contributed by atoms with Gasteiger partial charge in [0.15, 0.2) is 4.80 Å². The fraction of sp³-hybridized carbons (Fsp3) is 0.421. The van der Waals surface area contributed by atoms with E-state index in [9.17, 15) is 9.59 Å². The van der Waals surface area contributed by atoms with E-state index in [-0.39, 0.29) is 11.8 Å². The molecule has 8 heteroatoms. The minimum atomic E-state index is -0.407. The number of nitrogens with one attached hydrogen (secondary N) is 1. The van der Waals surface area contributed by atoms with Crippen LogP contribution in [0.15, 0.2) is 40.8 Å². The molecule has 0 spiro atoms. The molecule has 2 rings (SSSR count). The second-order valence-electron chi connectivity index (χ2n) is 6.26. The average molecular weight is 391 g/mol. The van der Waals surface area contributed by atoms with Crippen LogP contribution in [0.4, 0.5) is 0 Å². The van der Waals surface area contributed by atoms with Gasteiger partial charge in [0, 0.05) is 30.2 Å². The third-order valence-electron chi connectivity index (χ3n) is 4.01. The molecule has 0 fully saturated rings. The number of amides is 2. The largest absolute Gasteiger partial charge is 0.497 e. The normalized spacial score (nSPS) is 12.9. The molecule has 0 unspecified atom stereocenters. The summed E-state index contributed by atoms with van der Waals surface area (Å²) in [5.74, 6) is 0.155. The van der Waals surface area contributed by atoms with Gasteiger partial charge in [-0.15, -0.1) is 11.3 Å². The van der Waals surface area contributed by atoms with Crippen LogP contribution in [0, 0.1) is 0 Å². The monoisotopic (exact) mass is 390 g/mol. The highest BCUT2D eigenvalue weighted by Crippen LogP contribution is 2.14. The molecule has 2 amide bonds. The molecule has 0 aliphatic heterocycles. The van der Waals surface area contributed by atoms with Gasteiger partial charge >= 0.3 is 0 Å². The molecule has 1 aromatic carbocycles. The van der Waals surface area contributed by atoms with E-state index in [1.165, 1.54) is 11.3 Å². The summed E-state index contributed by atoms with van der Waals surface area (Å²) in [6.45, 7) is 3.28. The SMILES string of the molecule is CC[C@H](C(=O)NCCN(C)C)n1ccsc1=NC(=O)c1cccc(OC)c1. The predicted octanol–water partition coefficient (Wildman–Crippen LogP) is 1.93. The molecule has 1 aromatic heterocycles. The summed E-state index contributed by atoms with van der Waals surface area (Å²) in [7, 11) is 5.46. The lowest BCUT2D eigenvalue weighted by Crippen LogP contribution is -2.38. The summed E-state index contributed by atoms with van der Waals surface area (Å²) >= 11 is 1.33. The molecule has 0 aliphatic carbocycles. The van der Waals surface area contributed by atoms with Crippen LogP contribution in [-0.4, -0.2) is 55.6 Å². The first-order valence-electron chi connectivity index (χ1n) is 8.77. The maximum absolute atomic E-state index is 12.6. The van der Waals surface area contributed by atoms with Gasteiger partial charge in [0.25, 0.3) is 5.91 Å². The molecular formula is C19H26N4O3S. The Morgan fingerprint density at radius 3 is 2.81 bits per heavy atom. The fourth-order valence-electron chi connectivity index (χ4n) is 2.54. The van der Waals surface area contributed by atoms with Crippen molar-refractivity contribution in [1.82, 2.24) is 14.8 Å². The zero-order chi connectivity index (χ0) is 19.8. The lowest BCUT2D eigenvalue weighted by atomic mass is 10.2. The highest BCUT2D eigenvalue weighted by molar-refractivity contribution is 7.07. The van der Waals surface area contributed by atoms with Crippen molar-refractivity contribution >= 4 is 23.2 Å². The molecule has 0 radical (unpaired) electrons. The van der Waals surface area contributed by atoms with E-state index in [2.05, 4.69) is 10.3 Å². The number of hydrogen-bond acceptors (Lipinski definition) is 5. The van der Waals surface area contributed by atoms with E-state index in [1.54, 1.807) is 42.1 Å². The molecule has 0 bridgehead atoms. The van der Waals surface area contributed by atoms with Gasteiger partial charge in [0.2, 0.25) is 5.91 Å². The van der Waals surface area contributed by atoms with Gasteiger partial charge in [0.05, 0.1) is 7.11 Å². The van der Waals surface area contributed by atoms with Crippen LogP contribution in [0.2, 0.25) is 0 Å². The van der Waals surface area contributed by atoms with Gasteiger partial charge in [-0.25, -0.2) is 0 Å². The lowest BCUT2D eigenvalue weighted by Gasteiger charge is -2.17. The van der Waals surface area contributed by atoms with Crippen molar-refractivity contribution in [2.45, 2.75) is 19.4 Å². The molecule has 7 nitrogen and oxygen atoms in total. The third kappa shape index (κ3) is 5.77. The van der Waals surface area contributed by atoms with Gasteiger partial charge in [-0.1, -0.05) is 13.0 Å². The first-order chi connectivity index (χ1) is 13.0. The van der Waals surface area contributed by atoms with Crippen LogP contribution in [0.5, 0.6) is 5.75 Å². The summed E-state index contributed by atoms with van der Waals surface area (Å²) in [5.41, 5.74) is 0.442. The third-order valence-corrected chi connectivity index (χ3v) is 4.78. The standard InChI is InChI=1S/C19H26N4O3S/c1-5-16(18(25)20-9-10-22(2)3)23-11-12-27-19(23)21-17(24)14-7-6-8-15(13-14)26-4/h6-8,11-13,16H,5,9-10H2,1-4H3,(H,20,25)/t16-/m1/s1. The molecule has 2 aromatic rings. The van der Waals surface area contributed by atoms with E-state index < -0.39 is 6.04 Å². The van der Waals surface area contributed by atoms with E-state index >= 15 is 0 Å². The Kier molecular flexibility index (Phi) is 7.75. The number of rotatable bonds is 8. The number of ether oxygens (including phenoxy) is 1. The van der Waals surface area contributed by atoms with Crippen LogP contribution in [0.25, 0.3) is 0 Å². The van der Waals surface area contributed by atoms with Crippen molar-refractivity contribution in [3.63, 3.8) is 0 Å². The Bertz CT molecular complexity index is 841. The molecule has 1 heterocycles. The van der Waals surface area contributed by atoms with Crippen LogP contribution in [-0.2, 0) is 4.79 Å². The zero-order valence-corrected chi connectivity index (χ0v) is 17.0. The van der Waals surface area contributed by atoms with Crippen LogP contribution < -0.4 is 14.9 Å². The quantitative estimate of drug-likeness (QED) is 0.747. The highest BCUT2D eigenvalue weighted by atomic mass is 32.1. The number of aromatic nitrogens is 1. The van der Waals surface area contributed by atoms with Crippen LogP contribution >= 0.6 is 11.3 Å². The van der Waals surface area contributed by atoms with E-state index in [0.717, 1.165) is 6.54 Å². The number of thiazole rings is 1. The summed E-state index contributed by atoms with van der Waals surface area (Å²) in [4.78, 5) is 31.8. The zero-order valence-electron chi connectivity index (χ0n) is 16.1. The molecule has 0 saturated carbocycles. The molecule has 1 atom stereocenters. The molecular weight excluding hydrogens is 364 g/mol. The smallest absolute Gasteiger partial charge is 0.279 e. The van der Waals surface area contributed by atoms with E-state index in [1.807, 2.05) is 31.3 Å². The Morgan fingerprint density at radius 2 is 2.15 bits per heavy atom. The second kappa shape index (κ2) is 10.0. The van der Waals surface area contributed by atoms with Crippen LogP contribution in [0.1, 0.15) is 29.7 Å². The van der Waals surface area contributed by atoms with Gasteiger partial charge < -0.3 is 19.5 Å². The molecule has 0 saturated heterocycles. The number of methoxy groups -OCH3 is 1. The maximum atomic E-state index is 12.6. The number of likely N-dealkylation sites (N-methyl/N-ethyl adjacent to an activating group) is 1. The van der Waals surface area contributed by atoms with E-state index in [0.29, 0.717) is 29.1 Å². The van der Waals surface area contributed by atoms with Gasteiger partial charge in [0.1, 0.15) is 11.8 Å². The Hall–Kier alpha value is -2.45. The summed E-state index contributed by atoms with van der Waals surface area (Å²) < 4.78 is 6.91. The average Bonchev–Trinajstić information content (AvgIpc) is 3.10. The molecule has 27 heavy (non-hydrogen) atoms. The topological polar surface area (TPSA) is 75.9 Å². The number of benzene rings is 1. The van der Waals surface area contributed by atoms with Crippen molar-refractivity contribution in [2.75, 3.05) is 34.3 Å². The van der Waals surface area contributed by atoms with Crippen LogP contribution in [0.3, 0.4) is 0 Å². The van der Waals surface area contributed by atoms with Gasteiger partial charge in [-0.2, -0.15) is 4.99 Å². The Balaban J connectivity index is 2.22. The first-order valence-corrected chi connectivity index (χ1v) is 9.65. The summed E-state index contributed by atoms with van der Waals surface area (Å²) in [6, 6.07) is 6.45. The minimum Gasteiger partial charge on any atom is -0.497 e. The maximum Gasteiger partial charge on any atom is 0.279 e. The predicted molar refractivity (Wildman–Crippen MR) is 106 cm³/mol. The van der Waals surface area contributed by atoms with Crippen molar-refractivity contribution in [2.24, 2.45) is 4.99 Å². The lowest BCUT2D eigenvalue weighted by molar-refractivity contribution is -0.124. The summed E-state index contributed by atoms with van der Waals surface area (Å²) in [6.07, 6.45) is 2.40. The Labute approximate surface area is 163 Å².